The van der Waals surface area contributed by atoms with Crippen LogP contribution in [0.5, 0.6) is 0 Å². The van der Waals surface area contributed by atoms with Gasteiger partial charge in [-0.1, -0.05) is 0 Å². The summed E-state index contributed by atoms with van der Waals surface area (Å²) in [6, 6.07) is -4.83. The minimum atomic E-state index is -1.33. The van der Waals surface area contributed by atoms with Crippen molar-refractivity contribution in [3.63, 3.8) is 0 Å². The molecule has 4 atom stereocenters. The number of thiol groups is 1. The van der Waals surface area contributed by atoms with Crippen LogP contribution < -0.4 is 38.9 Å². The number of carbonyl (C=O) groups excluding carboxylic acids is 4. The van der Waals surface area contributed by atoms with Crippen LogP contribution in [0, 0.1) is 0 Å². The summed E-state index contributed by atoms with van der Waals surface area (Å²) in [6.45, 7) is 0.136. The average Bonchev–Trinajstić information content (AvgIpc) is 3.35. The summed E-state index contributed by atoms with van der Waals surface area (Å²) in [7, 11) is 0. The van der Waals surface area contributed by atoms with Gasteiger partial charge in [0.2, 0.25) is 23.6 Å². The SMILES string of the molecule is NC(=O)CCC(NC(=O)C(N)CS)C(=O)NC(CCCN=C(N)N)C(=O)NC(Cc1cnc[nH]1)C(=O)O. The van der Waals surface area contributed by atoms with Crippen molar-refractivity contribution in [2.75, 3.05) is 12.3 Å². The second kappa shape index (κ2) is 16.0. The van der Waals surface area contributed by atoms with Crippen molar-refractivity contribution in [2.24, 2.45) is 27.9 Å². The number of carboxylic acid groups (broad SMARTS) is 1. The Labute approximate surface area is 218 Å². The number of guanidine groups is 1. The summed E-state index contributed by atoms with van der Waals surface area (Å²) in [5, 5.41) is 16.8. The molecule has 206 valence electrons. The Morgan fingerprint density at radius 3 is 2.11 bits per heavy atom. The summed E-state index contributed by atoms with van der Waals surface area (Å²) in [5.74, 6) is -4.47. The molecular formula is C20H34N10O6S. The molecule has 0 bridgehead atoms. The van der Waals surface area contributed by atoms with Crippen molar-refractivity contribution in [2.45, 2.75) is 56.3 Å². The van der Waals surface area contributed by atoms with Gasteiger partial charge in [-0.25, -0.2) is 9.78 Å². The molecule has 13 N–H and O–H groups in total. The molecule has 0 aromatic carbocycles. The molecular weight excluding hydrogens is 508 g/mol. The second-order valence-electron chi connectivity index (χ2n) is 8.05. The van der Waals surface area contributed by atoms with Crippen LogP contribution in [0.2, 0.25) is 0 Å². The molecule has 0 fully saturated rings. The molecule has 1 rings (SSSR count). The fourth-order valence-corrected chi connectivity index (χ4v) is 3.22. The number of primary amides is 1. The van der Waals surface area contributed by atoms with E-state index in [2.05, 4.69) is 43.5 Å². The number of aliphatic imine (C=N–C) groups is 1. The molecule has 0 saturated heterocycles. The number of hydrogen-bond donors (Lipinski definition) is 10. The van der Waals surface area contributed by atoms with Gasteiger partial charge in [0.05, 0.1) is 12.4 Å². The zero-order valence-electron chi connectivity index (χ0n) is 20.1. The van der Waals surface area contributed by atoms with Crippen molar-refractivity contribution >= 4 is 48.2 Å². The molecule has 17 heteroatoms. The van der Waals surface area contributed by atoms with Crippen LogP contribution in [0.15, 0.2) is 17.5 Å². The van der Waals surface area contributed by atoms with E-state index in [1.54, 1.807) is 0 Å². The monoisotopic (exact) mass is 542 g/mol. The van der Waals surface area contributed by atoms with E-state index in [1.807, 2.05) is 0 Å². The largest absolute Gasteiger partial charge is 0.480 e. The van der Waals surface area contributed by atoms with Crippen LogP contribution in [-0.4, -0.2) is 87.1 Å². The van der Waals surface area contributed by atoms with E-state index < -0.39 is 53.8 Å². The predicted molar refractivity (Wildman–Crippen MR) is 136 cm³/mol. The van der Waals surface area contributed by atoms with Gasteiger partial charge in [-0.05, 0) is 19.3 Å². The van der Waals surface area contributed by atoms with E-state index in [0.29, 0.717) is 5.69 Å². The van der Waals surface area contributed by atoms with Crippen LogP contribution in [0.3, 0.4) is 0 Å². The van der Waals surface area contributed by atoms with Crippen molar-refractivity contribution in [1.82, 2.24) is 25.9 Å². The van der Waals surface area contributed by atoms with Crippen LogP contribution in [0.25, 0.3) is 0 Å². The predicted octanol–water partition coefficient (Wildman–Crippen LogP) is -3.93. The van der Waals surface area contributed by atoms with Gasteiger partial charge in [0.15, 0.2) is 5.96 Å². The van der Waals surface area contributed by atoms with Gasteiger partial charge in [0.1, 0.15) is 18.1 Å². The van der Waals surface area contributed by atoms with E-state index in [1.165, 1.54) is 12.5 Å². The van der Waals surface area contributed by atoms with Gasteiger partial charge in [0.25, 0.3) is 0 Å². The third-order valence-corrected chi connectivity index (χ3v) is 5.41. The lowest BCUT2D eigenvalue weighted by Gasteiger charge is -2.25. The topological polar surface area (TPSA) is 287 Å². The zero-order chi connectivity index (χ0) is 28.0. The number of nitrogens with two attached hydrogens (primary N) is 4. The quantitative estimate of drug-likeness (QED) is 0.0394. The highest BCUT2D eigenvalue weighted by Gasteiger charge is 2.30. The lowest BCUT2D eigenvalue weighted by atomic mass is 10.1. The summed E-state index contributed by atoms with van der Waals surface area (Å²) in [4.78, 5) is 71.6. The number of H-pyrrole nitrogens is 1. The summed E-state index contributed by atoms with van der Waals surface area (Å²) < 4.78 is 0. The molecule has 0 aliphatic rings. The van der Waals surface area contributed by atoms with Gasteiger partial charge in [-0.2, -0.15) is 12.6 Å². The molecule has 1 aromatic rings. The van der Waals surface area contributed by atoms with E-state index >= 15 is 0 Å². The first-order chi connectivity index (χ1) is 17.4. The maximum Gasteiger partial charge on any atom is 0.326 e. The van der Waals surface area contributed by atoms with Gasteiger partial charge in [0, 0.05) is 37.0 Å². The van der Waals surface area contributed by atoms with Crippen molar-refractivity contribution in [3.8, 4) is 0 Å². The molecule has 4 unspecified atom stereocenters. The Bertz CT molecular complexity index is 953. The Morgan fingerprint density at radius 1 is 1.00 bits per heavy atom. The molecule has 0 aliphatic carbocycles. The molecule has 0 spiro atoms. The first kappa shape index (κ1) is 31.2. The Hall–Kier alpha value is -3.86. The fraction of sp³-hybridized carbons (Fsp3) is 0.550. The molecule has 1 heterocycles. The van der Waals surface area contributed by atoms with Crippen LogP contribution >= 0.6 is 12.6 Å². The maximum absolute atomic E-state index is 13.0. The number of hydrogen-bond acceptors (Lipinski definition) is 9. The second-order valence-corrected chi connectivity index (χ2v) is 8.41. The molecule has 0 radical (unpaired) electrons. The van der Waals surface area contributed by atoms with Crippen molar-refractivity contribution in [3.05, 3.63) is 18.2 Å². The molecule has 4 amide bonds. The van der Waals surface area contributed by atoms with Gasteiger partial charge >= 0.3 is 5.97 Å². The first-order valence-electron chi connectivity index (χ1n) is 11.3. The third kappa shape index (κ3) is 12.1. The van der Waals surface area contributed by atoms with Gasteiger partial charge in [-0.15, -0.1) is 0 Å². The Balaban J connectivity index is 3.05. The first-order valence-corrected chi connectivity index (χ1v) is 11.9. The van der Waals surface area contributed by atoms with E-state index in [9.17, 15) is 29.1 Å². The smallest absolute Gasteiger partial charge is 0.326 e. The normalized spacial score (nSPS) is 13.9. The van der Waals surface area contributed by atoms with Crippen LogP contribution in [0.1, 0.15) is 31.4 Å². The standard InChI is InChI=1S/C20H34N10O6S/c21-11(8-37)16(32)28-13(3-4-15(22)31)18(34)29-12(2-1-5-26-20(23)24)17(33)30-14(19(35)36)6-10-7-25-9-27-10/h7,9,11-14,37H,1-6,8,21H2,(H2,22,31)(H,25,27)(H,28,32)(H,29,34)(H,30,33)(H,35,36)(H4,23,24,26). The third-order valence-electron chi connectivity index (χ3n) is 5.02. The number of aromatic nitrogens is 2. The van der Waals surface area contributed by atoms with Crippen molar-refractivity contribution in [1.29, 1.82) is 0 Å². The lowest BCUT2D eigenvalue weighted by molar-refractivity contribution is -0.142. The molecule has 1 aromatic heterocycles. The highest BCUT2D eigenvalue weighted by Crippen LogP contribution is 2.06. The van der Waals surface area contributed by atoms with Gasteiger partial charge in [-0.3, -0.25) is 24.2 Å². The van der Waals surface area contributed by atoms with Crippen molar-refractivity contribution < 1.29 is 29.1 Å². The number of aliphatic carboxylic acids is 1. The number of imidazole rings is 1. The molecule has 0 saturated carbocycles. The number of carbonyl (C=O) groups is 5. The van der Waals surface area contributed by atoms with Crippen LogP contribution in [-0.2, 0) is 30.4 Å². The number of nitrogens with zero attached hydrogens (tertiary/aromatic N) is 2. The van der Waals surface area contributed by atoms with E-state index in [0.717, 1.165) is 0 Å². The Kier molecular flexibility index (Phi) is 13.5. The number of carboxylic acids is 1. The number of rotatable bonds is 17. The summed E-state index contributed by atoms with van der Waals surface area (Å²) >= 11 is 3.94. The Morgan fingerprint density at radius 2 is 1.59 bits per heavy atom. The zero-order valence-corrected chi connectivity index (χ0v) is 20.9. The maximum atomic E-state index is 13.0. The number of nitrogens with one attached hydrogen (secondary N) is 4. The average molecular weight is 543 g/mol. The number of aromatic amines is 1. The van der Waals surface area contributed by atoms with Gasteiger partial charge < -0.3 is 49.0 Å². The molecule has 37 heavy (non-hydrogen) atoms. The molecule has 16 nitrogen and oxygen atoms in total. The minimum absolute atomic E-state index is 0.00127. The number of amides is 4. The summed E-state index contributed by atoms with van der Waals surface area (Å²) in [6.07, 6.45) is 2.57. The highest BCUT2D eigenvalue weighted by molar-refractivity contribution is 7.80. The van der Waals surface area contributed by atoms with E-state index in [4.69, 9.17) is 22.9 Å². The minimum Gasteiger partial charge on any atom is -0.480 e. The molecule has 0 aliphatic heterocycles. The van der Waals surface area contributed by atoms with E-state index in [-0.39, 0.29) is 50.4 Å². The fourth-order valence-electron chi connectivity index (χ4n) is 3.05. The van der Waals surface area contributed by atoms with Crippen LogP contribution in [0.4, 0.5) is 0 Å². The lowest BCUT2D eigenvalue weighted by Crippen LogP contribution is -2.57. The highest BCUT2D eigenvalue weighted by atomic mass is 32.1. The summed E-state index contributed by atoms with van der Waals surface area (Å²) in [5.41, 5.74) is 21.9.